The number of hydrogen-bond acceptors (Lipinski definition) is 1. The molecule has 3 heteroatoms. The highest BCUT2D eigenvalue weighted by atomic mass is 35.5. The Morgan fingerprint density at radius 2 is 2.14 bits per heavy atom. The Balaban J connectivity index is 2.69. The third-order valence-electron chi connectivity index (χ3n) is 2.49. The van der Waals surface area contributed by atoms with Gasteiger partial charge in [0.05, 0.1) is 5.52 Å². The minimum Gasteiger partial charge on any atom is -0.346 e. The van der Waals surface area contributed by atoms with Gasteiger partial charge in [-0.05, 0) is 30.0 Å². The highest BCUT2D eigenvalue weighted by molar-refractivity contribution is 6.32. The Morgan fingerprint density at radius 3 is 2.86 bits per heavy atom. The largest absolute Gasteiger partial charge is 0.346 e. The highest BCUT2D eigenvalue weighted by Crippen LogP contribution is 2.25. The lowest BCUT2D eigenvalue weighted by Crippen LogP contribution is -2.09. The number of aromatic nitrogens is 1. The molecule has 0 saturated carbocycles. The maximum Gasteiger partial charge on any atom is 0.0525 e. The van der Waals surface area contributed by atoms with E-state index >= 15 is 0 Å². The van der Waals surface area contributed by atoms with Gasteiger partial charge in [0.15, 0.2) is 0 Å². The summed E-state index contributed by atoms with van der Waals surface area (Å²) in [6.07, 6.45) is 2.06. The van der Waals surface area contributed by atoms with Crippen LogP contribution in [0.2, 0.25) is 5.02 Å². The smallest absolute Gasteiger partial charge is 0.0525 e. The second kappa shape index (κ2) is 3.64. The summed E-state index contributed by atoms with van der Waals surface area (Å²) in [4.78, 5) is 0. The van der Waals surface area contributed by atoms with Gasteiger partial charge in [0, 0.05) is 24.3 Å². The topological polar surface area (TPSA) is 30.9 Å². The van der Waals surface area contributed by atoms with Crippen LogP contribution in [0.5, 0.6) is 0 Å². The maximum absolute atomic E-state index is 6.07. The molecule has 0 spiro atoms. The lowest BCUT2D eigenvalue weighted by molar-refractivity contribution is 0.734. The normalized spacial score (nSPS) is 11.1. The Labute approximate surface area is 88.3 Å². The summed E-state index contributed by atoms with van der Waals surface area (Å²) < 4.78 is 2.15. The van der Waals surface area contributed by atoms with Crippen molar-refractivity contribution in [2.45, 2.75) is 13.5 Å². The fourth-order valence-corrected chi connectivity index (χ4v) is 1.93. The van der Waals surface area contributed by atoms with Crippen LogP contribution in [0.3, 0.4) is 0 Å². The minimum absolute atomic E-state index is 0.649. The molecule has 0 aliphatic carbocycles. The number of nitrogens with zero attached hydrogens (tertiary/aromatic N) is 1. The molecule has 2 aromatic rings. The van der Waals surface area contributed by atoms with Crippen molar-refractivity contribution in [3.8, 4) is 0 Å². The first-order valence-corrected chi connectivity index (χ1v) is 5.06. The first kappa shape index (κ1) is 9.56. The van der Waals surface area contributed by atoms with Gasteiger partial charge in [-0.1, -0.05) is 17.7 Å². The molecule has 1 heterocycles. The summed E-state index contributed by atoms with van der Waals surface area (Å²) in [7, 11) is 0. The van der Waals surface area contributed by atoms with Gasteiger partial charge in [0.25, 0.3) is 0 Å². The van der Waals surface area contributed by atoms with Crippen LogP contribution in [-0.4, -0.2) is 11.1 Å². The summed E-state index contributed by atoms with van der Waals surface area (Å²) in [5, 5.41) is 2.04. The number of halogens is 1. The molecule has 0 aliphatic heterocycles. The summed E-state index contributed by atoms with van der Waals surface area (Å²) in [5.41, 5.74) is 7.87. The van der Waals surface area contributed by atoms with Crippen LogP contribution in [0, 0.1) is 6.92 Å². The molecule has 0 fully saturated rings. The fraction of sp³-hybridized carbons (Fsp3) is 0.273. The van der Waals surface area contributed by atoms with Gasteiger partial charge in [-0.2, -0.15) is 0 Å². The van der Waals surface area contributed by atoms with Crippen molar-refractivity contribution in [1.29, 1.82) is 0 Å². The first-order chi connectivity index (χ1) is 6.74. The van der Waals surface area contributed by atoms with Crippen LogP contribution in [0.25, 0.3) is 10.9 Å². The van der Waals surface area contributed by atoms with Crippen LogP contribution in [0.4, 0.5) is 0 Å². The molecule has 2 rings (SSSR count). The number of hydrogen-bond donors (Lipinski definition) is 1. The van der Waals surface area contributed by atoms with Gasteiger partial charge >= 0.3 is 0 Å². The number of benzene rings is 1. The molecule has 2 N–H and O–H groups in total. The van der Waals surface area contributed by atoms with Gasteiger partial charge in [-0.3, -0.25) is 0 Å². The fourth-order valence-electron chi connectivity index (χ4n) is 1.78. The lowest BCUT2D eigenvalue weighted by Gasteiger charge is -2.06. The quantitative estimate of drug-likeness (QED) is 0.808. The summed E-state index contributed by atoms with van der Waals surface area (Å²) >= 11 is 6.07. The van der Waals surface area contributed by atoms with Crippen molar-refractivity contribution < 1.29 is 0 Å². The standard InChI is InChI=1S/C11H13ClN2/c1-8-10(12)3-2-9-4-6-14(7-5-13)11(8)9/h2-4,6H,5,7,13H2,1H3. The molecule has 74 valence electrons. The molecule has 1 aromatic carbocycles. The zero-order chi connectivity index (χ0) is 10.1. The van der Waals surface area contributed by atoms with E-state index in [0.29, 0.717) is 6.54 Å². The summed E-state index contributed by atoms with van der Waals surface area (Å²) in [5.74, 6) is 0. The number of aryl methyl sites for hydroxylation is 1. The zero-order valence-corrected chi connectivity index (χ0v) is 8.88. The second-order valence-corrected chi connectivity index (χ2v) is 3.82. The van der Waals surface area contributed by atoms with E-state index in [-0.39, 0.29) is 0 Å². The van der Waals surface area contributed by atoms with Gasteiger partial charge in [0.1, 0.15) is 0 Å². The number of fused-ring (bicyclic) bond motifs is 1. The van der Waals surface area contributed by atoms with E-state index in [0.717, 1.165) is 17.1 Å². The van der Waals surface area contributed by atoms with Gasteiger partial charge in [0.2, 0.25) is 0 Å². The van der Waals surface area contributed by atoms with Gasteiger partial charge in [-0.15, -0.1) is 0 Å². The predicted octanol–water partition coefficient (Wildman–Crippen LogP) is 2.56. The molecule has 14 heavy (non-hydrogen) atoms. The van der Waals surface area contributed by atoms with Crippen molar-refractivity contribution in [1.82, 2.24) is 4.57 Å². The zero-order valence-electron chi connectivity index (χ0n) is 8.13. The second-order valence-electron chi connectivity index (χ2n) is 3.41. The SMILES string of the molecule is Cc1c(Cl)ccc2ccn(CCN)c12. The molecule has 0 unspecified atom stereocenters. The Morgan fingerprint density at radius 1 is 1.36 bits per heavy atom. The molecule has 0 bridgehead atoms. The molecule has 0 radical (unpaired) electrons. The average molecular weight is 209 g/mol. The van der Waals surface area contributed by atoms with Crippen molar-refractivity contribution >= 4 is 22.5 Å². The third-order valence-corrected chi connectivity index (χ3v) is 2.90. The molecule has 2 nitrogen and oxygen atoms in total. The van der Waals surface area contributed by atoms with Crippen LogP contribution < -0.4 is 5.73 Å². The van der Waals surface area contributed by atoms with E-state index < -0.39 is 0 Å². The molecule has 0 amide bonds. The lowest BCUT2D eigenvalue weighted by atomic mass is 10.1. The summed E-state index contributed by atoms with van der Waals surface area (Å²) in [6.45, 7) is 3.53. The van der Waals surface area contributed by atoms with E-state index in [9.17, 15) is 0 Å². The molecule has 1 aromatic heterocycles. The first-order valence-electron chi connectivity index (χ1n) is 4.68. The van der Waals surface area contributed by atoms with Gasteiger partial charge < -0.3 is 10.3 Å². The molecule has 0 saturated heterocycles. The van der Waals surface area contributed by atoms with Crippen molar-refractivity contribution in [3.63, 3.8) is 0 Å². The minimum atomic E-state index is 0.649. The van der Waals surface area contributed by atoms with Crippen molar-refractivity contribution in [2.24, 2.45) is 5.73 Å². The van der Waals surface area contributed by atoms with Crippen molar-refractivity contribution in [2.75, 3.05) is 6.54 Å². The van der Waals surface area contributed by atoms with E-state index in [4.69, 9.17) is 17.3 Å². The average Bonchev–Trinajstić information content (AvgIpc) is 2.57. The van der Waals surface area contributed by atoms with Crippen LogP contribution in [0.15, 0.2) is 24.4 Å². The summed E-state index contributed by atoms with van der Waals surface area (Å²) in [6, 6.07) is 6.07. The van der Waals surface area contributed by atoms with E-state index in [1.54, 1.807) is 0 Å². The van der Waals surface area contributed by atoms with Crippen LogP contribution >= 0.6 is 11.6 Å². The van der Waals surface area contributed by atoms with E-state index in [2.05, 4.69) is 16.8 Å². The number of nitrogens with two attached hydrogens (primary N) is 1. The monoisotopic (exact) mass is 208 g/mol. The number of rotatable bonds is 2. The molecule has 0 atom stereocenters. The highest BCUT2D eigenvalue weighted by Gasteiger charge is 2.05. The van der Waals surface area contributed by atoms with E-state index in [1.165, 1.54) is 10.9 Å². The Hall–Kier alpha value is -0.990. The predicted molar refractivity (Wildman–Crippen MR) is 60.7 cm³/mol. The molecular formula is C11H13ClN2. The maximum atomic E-state index is 6.07. The van der Waals surface area contributed by atoms with Crippen LogP contribution in [-0.2, 0) is 6.54 Å². The Kier molecular flexibility index (Phi) is 2.48. The van der Waals surface area contributed by atoms with Crippen LogP contribution in [0.1, 0.15) is 5.56 Å². The molecule has 0 aliphatic rings. The van der Waals surface area contributed by atoms with Gasteiger partial charge in [-0.25, -0.2) is 0 Å². The third kappa shape index (κ3) is 1.41. The van der Waals surface area contributed by atoms with E-state index in [1.807, 2.05) is 19.1 Å². The van der Waals surface area contributed by atoms with Crippen molar-refractivity contribution in [3.05, 3.63) is 35.0 Å². The Bertz CT molecular complexity index is 460. The molecular weight excluding hydrogens is 196 g/mol.